The molecule has 1 heterocycles. The molecule has 1 fully saturated rings. The normalized spacial score (nSPS) is 20.0. The van der Waals surface area contributed by atoms with Crippen molar-refractivity contribution in [3.63, 3.8) is 0 Å². The summed E-state index contributed by atoms with van der Waals surface area (Å²) in [7, 11) is 1.95. The van der Waals surface area contributed by atoms with Gasteiger partial charge in [0.05, 0.1) is 0 Å². The zero-order valence-electron chi connectivity index (χ0n) is 14.6. The van der Waals surface area contributed by atoms with Crippen LogP contribution in [0.2, 0.25) is 0 Å². The maximum absolute atomic E-state index is 12.4. The number of Topliss-reactive ketones (excluding diaryl/α,β-unsaturated/α-hetero) is 1. The Balaban J connectivity index is 1.51. The number of rotatable bonds is 6. The Morgan fingerprint density at radius 1 is 1.17 bits per heavy atom. The molecule has 1 unspecified atom stereocenters. The standard InChI is InChI=1S/C20H28N2O2/c1-21-13-15-4-3-11-22(14-15)20(24)10-9-19(23)18-8-7-16-5-2-6-17(16)12-18/h7-8,12,15,21H,2-6,9-11,13-14H2,1H3. The number of piperidine rings is 1. The minimum atomic E-state index is 0.0989. The highest BCUT2D eigenvalue weighted by atomic mass is 16.2. The lowest BCUT2D eigenvalue weighted by Crippen LogP contribution is -2.42. The van der Waals surface area contributed by atoms with E-state index >= 15 is 0 Å². The van der Waals surface area contributed by atoms with Crippen LogP contribution in [0.5, 0.6) is 0 Å². The lowest BCUT2D eigenvalue weighted by atomic mass is 9.97. The number of hydrogen-bond acceptors (Lipinski definition) is 3. The second kappa shape index (κ2) is 7.93. The van der Waals surface area contributed by atoms with Gasteiger partial charge in [-0.3, -0.25) is 9.59 Å². The fraction of sp³-hybridized carbons (Fsp3) is 0.600. The summed E-state index contributed by atoms with van der Waals surface area (Å²) in [6.45, 7) is 2.62. The average Bonchev–Trinajstić information content (AvgIpc) is 3.07. The fourth-order valence-corrected chi connectivity index (χ4v) is 4.02. The van der Waals surface area contributed by atoms with E-state index in [-0.39, 0.29) is 11.7 Å². The van der Waals surface area contributed by atoms with Crippen LogP contribution in [0.3, 0.4) is 0 Å². The maximum atomic E-state index is 12.4. The maximum Gasteiger partial charge on any atom is 0.223 e. The predicted octanol–water partition coefficient (Wildman–Crippen LogP) is 2.60. The van der Waals surface area contributed by atoms with Crippen molar-refractivity contribution in [1.82, 2.24) is 10.2 Å². The number of ketones is 1. The summed E-state index contributed by atoms with van der Waals surface area (Å²) >= 11 is 0. The van der Waals surface area contributed by atoms with E-state index in [1.807, 2.05) is 24.1 Å². The van der Waals surface area contributed by atoms with Gasteiger partial charge in [0.15, 0.2) is 5.78 Å². The van der Waals surface area contributed by atoms with Crippen LogP contribution < -0.4 is 5.32 Å². The molecule has 4 nitrogen and oxygen atoms in total. The van der Waals surface area contributed by atoms with E-state index in [4.69, 9.17) is 0 Å². The Labute approximate surface area is 144 Å². The number of aryl methyl sites for hydroxylation is 2. The molecule has 1 saturated heterocycles. The van der Waals surface area contributed by atoms with Crippen LogP contribution in [-0.2, 0) is 17.6 Å². The second-order valence-electron chi connectivity index (χ2n) is 7.17. The molecule has 1 aliphatic carbocycles. The van der Waals surface area contributed by atoms with Crippen molar-refractivity contribution in [2.45, 2.75) is 44.9 Å². The van der Waals surface area contributed by atoms with E-state index in [9.17, 15) is 9.59 Å². The Kier molecular flexibility index (Phi) is 5.67. The average molecular weight is 328 g/mol. The summed E-state index contributed by atoms with van der Waals surface area (Å²) in [6.07, 6.45) is 6.30. The van der Waals surface area contributed by atoms with Crippen molar-refractivity contribution in [3.8, 4) is 0 Å². The van der Waals surface area contributed by atoms with Gasteiger partial charge in [0.2, 0.25) is 5.91 Å². The van der Waals surface area contributed by atoms with Gasteiger partial charge in [0, 0.05) is 31.5 Å². The van der Waals surface area contributed by atoms with Gasteiger partial charge in [-0.25, -0.2) is 0 Å². The number of carbonyl (C=O) groups is 2. The third-order valence-corrected chi connectivity index (χ3v) is 5.35. The number of amides is 1. The van der Waals surface area contributed by atoms with Crippen LogP contribution >= 0.6 is 0 Å². The van der Waals surface area contributed by atoms with Crippen molar-refractivity contribution in [1.29, 1.82) is 0 Å². The lowest BCUT2D eigenvalue weighted by Gasteiger charge is -2.32. The smallest absolute Gasteiger partial charge is 0.223 e. The highest BCUT2D eigenvalue weighted by molar-refractivity contribution is 5.98. The molecule has 1 N–H and O–H groups in total. The monoisotopic (exact) mass is 328 g/mol. The van der Waals surface area contributed by atoms with Crippen LogP contribution in [0.4, 0.5) is 0 Å². The first-order chi connectivity index (χ1) is 11.7. The van der Waals surface area contributed by atoms with Gasteiger partial charge in [-0.2, -0.15) is 0 Å². The molecule has 0 aromatic heterocycles. The Morgan fingerprint density at radius 3 is 2.83 bits per heavy atom. The lowest BCUT2D eigenvalue weighted by molar-refractivity contribution is -0.132. The third-order valence-electron chi connectivity index (χ3n) is 5.35. The van der Waals surface area contributed by atoms with Crippen molar-refractivity contribution >= 4 is 11.7 Å². The quantitative estimate of drug-likeness (QED) is 0.817. The van der Waals surface area contributed by atoms with E-state index < -0.39 is 0 Å². The number of hydrogen-bond donors (Lipinski definition) is 1. The summed E-state index contributed by atoms with van der Waals surface area (Å²) in [5.74, 6) is 0.771. The summed E-state index contributed by atoms with van der Waals surface area (Å²) in [5.41, 5.74) is 3.47. The molecule has 1 amide bonds. The number of likely N-dealkylation sites (tertiary alicyclic amines) is 1. The van der Waals surface area contributed by atoms with Crippen LogP contribution in [0, 0.1) is 5.92 Å². The van der Waals surface area contributed by atoms with Gasteiger partial charge in [-0.05, 0) is 68.8 Å². The minimum absolute atomic E-state index is 0.0989. The van der Waals surface area contributed by atoms with E-state index in [1.165, 1.54) is 24.0 Å². The molecule has 1 aromatic rings. The first-order valence-electron chi connectivity index (χ1n) is 9.24. The van der Waals surface area contributed by atoms with Crippen molar-refractivity contribution < 1.29 is 9.59 Å². The molecule has 24 heavy (non-hydrogen) atoms. The summed E-state index contributed by atoms with van der Waals surface area (Å²) in [6, 6.07) is 6.06. The topological polar surface area (TPSA) is 49.4 Å². The molecule has 1 atom stereocenters. The summed E-state index contributed by atoms with van der Waals surface area (Å²) in [4.78, 5) is 26.8. The predicted molar refractivity (Wildman–Crippen MR) is 95.3 cm³/mol. The van der Waals surface area contributed by atoms with Crippen molar-refractivity contribution in [2.75, 3.05) is 26.7 Å². The molecule has 0 bridgehead atoms. The molecule has 130 valence electrons. The van der Waals surface area contributed by atoms with Gasteiger partial charge in [0.25, 0.3) is 0 Å². The van der Waals surface area contributed by atoms with Crippen LogP contribution in [-0.4, -0.2) is 43.3 Å². The molecular weight excluding hydrogens is 300 g/mol. The van der Waals surface area contributed by atoms with Gasteiger partial charge in [-0.15, -0.1) is 0 Å². The molecule has 1 aliphatic heterocycles. The highest BCUT2D eigenvalue weighted by Gasteiger charge is 2.23. The van der Waals surface area contributed by atoms with Gasteiger partial charge in [-0.1, -0.05) is 12.1 Å². The zero-order chi connectivity index (χ0) is 16.9. The Hall–Kier alpha value is -1.68. The molecule has 0 spiro atoms. The largest absolute Gasteiger partial charge is 0.342 e. The first kappa shape index (κ1) is 17.2. The number of nitrogens with one attached hydrogen (secondary N) is 1. The number of benzene rings is 1. The summed E-state index contributed by atoms with van der Waals surface area (Å²) in [5, 5.41) is 3.20. The van der Waals surface area contributed by atoms with E-state index in [1.54, 1.807) is 0 Å². The number of nitrogens with zero attached hydrogens (tertiary/aromatic N) is 1. The molecule has 3 rings (SSSR count). The second-order valence-corrected chi connectivity index (χ2v) is 7.17. The highest BCUT2D eigenvalue weighted by Crippen LogP contribution is 2.24. The van der Waals surface area contributed by atoms with E-state index in [2.05, 4.69) is 11.4 Å². The summed E-state index contributed by atoms with van der Waals surface area (Å²) < 4.78 is 0. The van der Waals surface area contributed by atoms with Gasteiger partial charge < -0.3 is 10.2 Å². The van der Waals surface area contributed by atoms with Crippen LogP contribution in [0.25, 0.3) is 0 Å². The third kappa shape index (κ3) is 4.04. The fourth-order valence-electron chi connectivity index (χ4n) is 4.02. The van der Waals surface area contributed by atoms with Crippen LogP contribution in [0.1, 0.15) is 53.6 Å². The van der Waals surface area contributed by atoms with E-state index in [0.29, 0.717) is 18.8 Å². The molecule has 0 radical (unpaired) electrons. The molecule has 1 aromatic carbocycles. The van der Waals surface area contributed by atoms with E-state index in [0.717, 1.165) is 44.5 Å². The minimum Gasteiger partial charge on any atom is -0.342 e. The molecular formula is C20H28N2O2. The van der Waals surface area contributed by atoms with Crippen molar-refractivity contribution in [2.24, 2.45) is 5.92 Å². The molecule has 2 aliphatic rings. The zero-order valence-corrected chi connectivity index (χ0v) is 14.6. The molecule has 4 heteroatoms. The van der Waals surface area contributed by atoms with Crippen molar-refractivity contribution in [3.05, 3.63) is 34.9 Å². The molecule has 0 saturated carbocycles. The Bertz CT molecular complexity index is 610. The van der Waals surface area contributed by atoms with Gasteiger partial charge >= 0.3 is 0 Å². The van der Waals surface area contributed by atoms with Gasteiger partial charge in [0.1, 0.15) is 0 Å². The van der Waals surface area contributed by atoms with Crippen LogP contribution in [0.15, 0.2) is 18.2 Å². The number of fused-ring (bicyclic) bond motifs is 1. The Morgan fingerprint density at radius 2 is 2.00 bits per heavy atom. The number of carbonyl (C=O) groups excluding carboxylic acids is 2. The SMILES string of the molecule is CNCC1CCCN(C(=O)CCC(=O)c2ccc3c(c2)CCC3)C1. The first-order valence-corrected chi connectivity index (χ1v) is 9.24.